The molecule has 3 heterocycles. The van der Waals surface area contributed by atoms with Crippen molar-refractivity contribution in [3.63, 3.8) is 0 Å². The van der Waals surface area contributed by atoms with Crippen molar-refractivity contribution in [3.8, 4) is 22.5 Å². The summed E-state index contributed by atoms with van der Waals surface area (Å²) in [4.78, 5) is 13.6. The molecular formula is C24H21FN4O. The predicted octanol–water partition coefficient (Wildman–Crippen LogP) is 4.90. The standard InChI is InChI=1S/C24H21FN4O/c1-15-5-7-18(24(25)13-30-14-24)11-20(15)16-6-8-19-21(10-16)28-22(29-23(19)26-2)17-4-3-9-27-12-17/h3-12H,13-14H2,1-2H3,(H,26,28,29). The molecule has 5 nitrogen and oxygen atoms in total. The first-order valence-corrected chi connectivity index (χ1v) is 9.85. The van der Waals surface area contributed by atoms with Gasteiger partial charge in [-0.05, 0) is 59.5 Å². The first kappa shape index (κ1) is 18.6. The summed E-state index contributed by atoms with van der Waals surface area (Å²) in [6.07, 6.45) is 3.47. The molecule has 1 N–H and O–H groups in total. The van der Waals surface area contributed by atoms with Crippen LogP contribution in [0.15, 0.2) is 60.9 Å². The number of rotatable bonds is 4. The monoisotopic (exact) mass is 400 g/mol. The highest BCUT2D eigenvalue weighted by molar-refractivity contribution is 5.93. The van der Waals surface area contributed by atoms with Crippen molar-refractivity contribution in [1.29, 1.82) is 0 Å². The minimum Gasteiger partial charge on any atom is -0.374 e. The van der Waals surface area contributed by atoms with E-state index >= 15 is 0 Å². The van der Waals surface area contributed by atoms with Gasteiger partial charge in [0, 0.05) is 30.4 Å². The molecule has 0 spiro atoms. The van der Waals surface area contributed by atoms with Crippen molar-refractivity contribution < 1.29 is 9.13 Å². The highest BCUT2D eigenvalue weighted by atomic mass is 19.1. The zero-order valence-electron chi connectivity index (χ0n) is 16.8. The summed E-state index contributed by atoms with van der Waals surface area (Å²) in [7, 11) is 1.84. The minimum atomic E-state index is -1.39. The molecular weight excluding hydrogens is 379 g/mol. The Morgan fingerprint density at radius 1 is 1.03 bits per heavy atom. The molecule has 2 aromatic carbocycles. The fourth-order valence-corrected chi connectivity index (χ4v) is 3.77. The summed E-state index contributed by atoms with van der Waals surface area (Å²) >= 11 is 0. The molecule has 0 saturated carbocycles. The molecule has 4 aromatic rings. The third-order valence-electron chi connectivity index (χ3n) is 5.58. The number of ether oxygens (including phenoxy) is 1. The molecule has 0 bridgehead atoms. The van der Waals surface area contributed by atoms with Crippen LogP contribution in [0.25, 0.3) is 33.4 Å². The number of anilines is 1. The Morgan fingerprint density at radius 3 is 2.60 bits per heavy atom. The lowest BCUT2D eigenvalue weighted by molar-refractivity contribution is -0.135. The van der Waals surface area contributed by atoms with E-state index in [-0.39, 0.29) is 13.2 Å². The number of benzene rings is 2. The van der Waals surface area contributed by atoms with Crippen molar-refractivity contribution in [2.45, 2.75) is 12.6 Å². The van der Waals surface area contributed by atoms with Crippen molar-refractivity contribution in [3.05, 3.63) is 72.1 Å². The van der Waals surface area contributed by atoms with Crippen molar-refractivity contribution in [2.24, 2.45) is 0 Å². The second kappa shape index (κ2) is 7.15. The Balaban J connectivity index is 1.65. The first-order valence-electron chi connectivity index (χ1n) is 9.85. The molecule has 0 unspecified atom stereocenters. The lowest BCUT2D eigenvalue weighted by atomic mass is 9.89. The molecule has 0 aliphatic carbocycles. The molecule has 1 saturated heterocycles. The zero-order valence-corrected chi connectivity index (χ0v) is 16.8. The SMILES string of the molecule is CNc1nc(-c2cccnc2)nc2cc(-c3cc(C4(F)COC4)ccc3C)ccc12. The normalized spacial score (nSPS) is 15.0. The number of fused-ring (bicyclic) bond motifs is 1. The quantitative estimate of drug-likeness (QED) is 0.528. The fraction of sp³-hybridized carbons (Fsp3) is 0.208. The molecule has 5 rings (SSSR count). The van der Waals surface area contributed by atoms with Crippen LogP contribution in [-0.2, 0) is 10.4 Å². The average Bonchev–Trinajstić information content (AvgIpc) is 2.77. The molecule has 0 amide bonds. The Morgan fingerprint density at radius 2 is 1.90 bits per heavy atom. The fourth-order valence-electron chi connectivity index (χ4n) is 3.77. The van der Waals surface area contributed by atoms with Crippen LogP contribution < -0.4 is 5.32 Å². The van der Waals surface area contributed by atoms with E-state index < -0.39 is 5.67 Å². The van der Waals surface area contributed by atoms with Gasteiger partial charge in [-0.2, -0.15) is 0 Å². The van der Waals surface area contributed by atoms with Crippen LogP contribution in [0, 0.1) is 6.92 Å². The number of hydrogen-bond acceptors (Lipinski definition) is 5. The second-order valence-electron chi connectivity index (χ2n) is 7.61. The van der Waals surface area contributed by atoms with E-state index in [1.54, 1.807) is 12.4 Å². The Labute approximate surface area is 174 Å². The highest BCUT2D eigenvalue weighted by Gasteiger charge is 2.40. The number of pyridine rings is 1. The van der Waals surface area contributed by atoms with Crippen LogP contribution >= 0.6 is 0 Å². The molecule has 1 aliphatic rings. The van der Waals surface area contributed by atoms with Gasteiger partial charge in [0.25, 0.3) is 0 Å². The number of hydrogen-bond donors (Lipinski definition) is 1. The van der Waals surface area contributed by atoms with Gasteiger partial charge in [0.2, 0.25) is 0 Å². The number of aryl methyl sites for hydroxylation is 1. The third-order valence-corrected chi connectivity index (χ3v) is 5.58. The summed E-state index contributed by atoms with van der Waals surface area (Å²) in [6.45, 7) is 2.26. The molecule has 1 aliphatic heterocycles. The van der Waals surface area contributed by atoms with Gasteiger partial charge in [-0.25, -0.2) is 14.4 Å². The summed E-state index contributed by atoms with van der Waals surface area (Å²) in [5.41, 5.74) is 3.99. The van der Waals surface area contributed by atoms with Gasteiger partial charge in [-0.3, -0.25) is 4.98 Å². The smallest absolute Gasteiger partial charge is 0.182 e. The molecule has 2 aromatic heterocycles. The van der Waals surface area contributed by atoms with Crippen molar-refractivity contribution >= 4 is 16.7 Å². The van der Waals surface area contributed by atoms with Crippen molar-refractivity contribution in [2.75, 3.05) is 25.6 Å². The minimum absolute atomic E-state index is 0.112. The number of nitrogens with zero attached hydrogens (tertiary/aromatic N) is 3. The largest absolute Gasteiger partial charge is 0.374 e. The molecule has 150 valence electrons. The van der Waals surface area contributed by atoms with Gasteiger partial charge in [-0.1, -0.05) is 18.2 Å². The van der Waals surface area contributed by atoms with E-state index in [2.05, 4.69) is 15.3 Å². The van der Waals surface area contributed by atoms with E-state index in [0.29, 0.717) is 11.4 Å². The number of nitrogens with one attached hydrogen (secondary N) is 1. The van der Waals surface area contributed by atoms with E-state index in [1.807, 2.05) is 62.5 Å². The lowest BCUT2D eigenvalue weighted by Crippen LogP contribution is -2.42. The highest BCUT2D eigenvalue weighted by Crippen LogP contribution is 2.37. The van der Waals surface area contributed by atoms with Gasteiger partial charge >= 0.3 is 0 Å². The molecule has 0 radical (unpaired) electrons. The van der Waals surface area contributed by atoms with Gasteiger partial charge in [0.05, 0.1) is 18.7 Å². The number of aromatic nitrogens is 3. The van der Waals surface area contributed by atoms with Crippen LogP contribution in [0.5, 0.6) is 0 Å². The molecule has 0 atom stereocenters. The van der Waals surface area contributed by atoms with Gasteiger partial charge in [0.1, 0.15) is 5.82 Å². The third kappa shape index (κ3) is 3.09. The van der Waals surface area contributed by atoms with E-state index in [1.165, 1.54) is 0 Å². The second-order valence-corrected chi connectivity index (χ2v) is 7.61. The Hall–Kier alpha value is -3.38. The molecule has 30 heavy (non-hydrogen) atoms. The van der Waals surface area contributed by atoms with E-state index in [9.17, 15) is 4.39 Å². The number of alkyl halides is 1. The van der Waals surface area contributed by atoms with E-state index in [0.717, 1.165) is 39.0 Å². The van der Waals surface area contributed by atoms with Crippen LogP contribution in [0.3, 0.4) is 0 Å². The van der Waals surface area contributed by atoms with Crippen LogP contribution in [0.1, 0.15) is 11.1 Å². The maximum atomic E-state index is 14.9. The topological polar surface area (TPSA) is 59.9 Å². The van der Waals surface area contributed by atoms with Gasteiger partial charge in [-0.15, -0.1) is 0 Å². The summed E-state index contributed by atoms with van der Waals surface area (Å²) in [5.74, 6) is 1.36. The maximum Gasteiger partial charge on any atom is 0.182 e. The lowest BCUT2D eigenvalue weighted by Gasteiger charge is -2.34. The maximum absolute atomic E-state index is 14.9. The number of halogens is 1. The van der Waals surface area contributed by atoms with Gasteiger partial charge < -0.3 is 10.1 Å². The summed E-state index contributed by atoms with van der Waals surface area (Å²) in [6, 6.07) is 15.6. The van der Waals surface area contributed by atoms with Crippen molar-refractivity contribution in [1.82, 2.24) is 15.0 Å². The van der Waals surface area contributed by atoms with Crippen LogP contribution in [0.2, 0.25) is 0 Å². The van der Waals surface area contributed by atoms with E-state index in [4.69, 9.17) is 9.72 Å². The molecule has 1 fully saturated rings. The average molecular weight is 400 g/mol. The predicted molar refractivity (Wildman–Crippen MR) is 116 cm³/mol. The Bertz CT molecular complexity index is 1240. The summed E-state index contributed by atoms with van der Waals surface area (Å²) < 4.78 is 20.0. The summed E-state index contributed by atoms with van der Waals surface area (Å²) in [5, 5.41) is 4.09. The van der Waals surface area contributed by atoms with Crippen LogP contribution in [-0.4, -0.2) is 35.2 Å². The molecule has 6 heteroatoms. The Kier molecular flexibility index (Phi) is 4.44. The zero-order chi connectivity index (χ0) is 20.7. The van der Waals surface area contributed by atoms with Crippen LogP contribution in [0.4, 0.5) is 10.2 Å². The van der Waals surface area contributed by atoms with Gasteiger partial charge in [0.15, 0.2) is 11.5 Å². The first-order chi connectivity index (χ1) is 14.6.